The number of rotatable bonds is 3. The highest BCUT2D eigenvalue weighted by Gasteiger charge is 2.14. The summed E-state index contributed by atoms with van der Waals surface area (Å²) in [6.07, 6.45) is 0. The van der Waals surface area contributed by atoms with E-state index in [9.17, 15) is 4.79 Å². The lowest BCUT2D eigenvalue weighted by atomic mass is 10.0. The van der Waals surface area contributed by atoms with E-state index in [0.29, 0.717) is 0 Å². The summed E-state index contributed by atoms with van der Waals surface area (Å²) in [6.45, 7) is 5.96. The molecule has 104 valence electrons. The van der Waals surface area contributed by atoms with Gasteiger partial charge >= 0.3 is 0 Å². The maximum absolute atomic E-state index is 12.5. The van der Waals surface area contributed by atoms with Gasteiger partial charge in [-0.2, -0.15) is 0 Å². The third-order valence-corrected chi connectivity index (χ3v) is 3.84. The maximum Gasteiger partial charge on any atom is 0.256 e. The Morgan fingerprint density at radius 3 is 2.25 bits per heavy atom. The highest BCUT2D eigenvalue weighted by Crippen LogP contribution is 2.29. The van der Waals surface area contributed by atoms with Gasteiger partial charge in [0.1, 0.15) is 0 Å². The van der Waals surface area contributed by atoms with Gasteiger partial charge in [-0.3, -0.25) is 4.79 Å². The average molecular weight is 332 g/mol. The number of anilines is 1. The van der Waals surface area contributed by atoms with Crippen molar-refractivity contribution in [2.24, 2.45) is 0 Å². The van der Waals surface area contributed by atoms with Crippen molar-refractivity contribution in [2.45, 2.75) is 25.6 Å². The summed E-state index contributed by atoms with van der Waals surface area (Å²) in [7, 11) is 0. The van der Waals surface area contributed by atoms with E-state index < -0.39 is 0 Å². The lowest BCUT2D eigenvalue weighted by Gasteiger charge is -2.14. The second-order valence-electron chi connectivity index (χ2n) is 4.92. The average Bonchev–Trinajstić information content (AvgIpc) is 2.38. The number of carbonyl (C=O) groups is 1. The van der Waals surface area contributed by atoms with Crippen molar-refractivity contribution in [3.63, 3.8) is 0 Å². The summed E-state index contributed by atoms with van der Waals surface area (Å²) in [5.74, 6) is -0.0544. The van der Waals surface area contributed by atoms with Gasteiger partial charge in [0.05, 0.1) is 0 Å². The summed E-state index contributed by atoms with van der Waals surface area (Å²) in [4.78, 5) is 12.7. The van der Waals surface area contributed by atoms with Crippen LogP contribution in [-0.4, -0.2) is 5.91 Å². The molecule has 0 fully saturated rings. The summed E-state index contributed by atoms with van der Waals surface area (Å²) in [5.41, 5.74) is 4.67. The van der Waals surface area contributed by atoms with Crippen LogP contribution in [0, 0.1) is 13.8 Å². The number of amides is 1. The van der Waals surface area contributed by atoms with Gasteiger partial charge in [0, 0.05) is 16.1 Å². The molecule has 0 saturated carbocycles. The topological polar surface area (TPSA) is 29.1 Å². The molecule has 1 atom stereocenters. The molecule has 0 bridgehead atoms. The van der Waals surface area contributed by atoms with Gasteiger partial charge in [0.2, 0.25) is 0 Å². The van der Waals surface area contributed by atoms with E-state index in [1.165, 1.54) is 0 Å². The Bertz CT molecular complexity index is 614. The fourth-order valence-corrected chi connectivity index (χ4v) is 2.71. The number of hydrogen-bond donors (Lipinski definition) is 1. The summed E-state index contributed by atoms with van der Waals surface area (Å²) < 4.78 is 0. The van der Waals surface area contributed by atoms with E-state index in [-0.39, 0.29) is 10.7 Å². The number of hydrogen-bond acceptors (Lipinski definition) is 1. The lowest BCUT2D eigenvalue weighted by Crippen LogP contribution is -2.16. The Kier molecular flexibility index (Phi) is 4.61. The molecule has 2 aromatic rings. The smallest absolute Gasteiger partial charge is 0.256 e. The minimum absolute atomic E-state index is 0.0544. The van der Waals surface area contributed by atoms with Crippen LogP contribution in [0.3, 0.4) is 0 Å². The second kappa shape index (κ2) is 6.23. The van der Waals surface area contributed by atoms with Crippen molar-refractivity contribution in [1.82, 2.24) is 0 Å². The molecule has 1 unspecified atom stereocenters. The number of aryl methyl sites for hydroxylation is 2. The Hall–Kier alpha value is -1.61. The zero-order valence-electron chi connectivity index (χ0n) is 11.9. The van der Waals surface area contributed by atoms with Crippen LogP contribution in [0.1, 0.15) is 38.8 Å². The molecule has 0 heterocycles. The zero-order chi connectivity index (χ0) is 14.7. The van der Waals surface area contributed by atoms with Crippen molar-refractivity contribution in [1.29, 1.82) is 0 Å². The van der Waals surface area contributed by atoms with E-state index in [1.807, 2.05) is 63.2 Å². The standard InChI is InChI=1S/C17H18BrNO/c1-11-7-6-8-12(2)16(11)17(20)19-15-10-5-4-9-14(15)13(3)18/h4-10,13H,1-3H3,(H,19,20). The second-order valence-corrected chi connectivity index (χ2v) is 6.30. The van der Waals surface area contributed by atoms with Crippen LogP contribution in [0.4, 0.5) is 5.69 Å². The van der Waals surface area contributed by atoms with Crippen molar-refractivity contribution >= 4 is 27.5 Å². The first-order valence-electron chi connectivity index (χ1n) is 6.61. The highest BCUT2D eigenvalue weighted by molar-refractivity contribution is 9.09. The molecule has 0 aliphatic heterocycles. The number of para-hydroxylation sites is 1. The largest absolute Gasteiger partial charge is 0.322 e. The molecule has 0 aliphatic carbocycles. The van der Waals surface area contributed by atoms with Crippen molar-refractivity contribution < 1.29 is 4.79 Å². The maximum atomic E-state index is 12.5. The van der Waals surface area contributed by atoms with Gasteiger partial charge in [0.15, 0.2) is 0 Å². The van der Waals surface area contributed by atoms with Crippen LogP contribution in [0.25, 0.3) is 0 Å². The van der Waals surface area contributed by atoms with Gasteiger partial charge in [-0.15, -0.1) is 0 Å². The van der Waals surface area contributed by atoms with Crippen LogP contribution in [0.5, 0.6) is 0 Å². The van der Waals surface area contributed by atoms with E-state index in [4.69, 9.17) is 0 Å². The zero-order valence-corrected chi connectivity index (χ0v) is 13.5. The van der Waals surface area contributed by atoms with Crippen LogP contribution >= 0.6 is 15.9 Å². The Morgan fingerprint density at radius 2 is 1.65 bits per heavy atom. The molecular formula is C17H18BrNO. The number of carbonyl (C=O) groups excluding carboxylic acids is 1. The summed E-state index contributed by atoms with van der Waals surface area (Å²) in [5, 5.41) is 3.02. The van der Waals surface area contributed by atoms with Crippen molar-refractivity contribution in [2.75, 3.05) is 5.32 Å². The van der Waals surface area contributed by atoms with E-state index in [1.54, 1.807) is 0 Å². The van der Waals surface area contributed by atoms with E-state index in [0.717, 1.165) is 27.9 Å². The molecule has 1 N–H and O–H groups in total. The molecule has 1 amide bonds. The minimum Gasteiger partial charge on any atom is -0.322 e. The number of benzene rings is 2. The first-order chi connectivity index (χ1) is 9.50. The molecule has 0 aliphatic rings. The SMILES string of the molecule is Cc1cccc(C)c1C(=O)Nc1ccccc1C(C)Br. The fraction of sp³-hybridized carbons (Fsp3) is 0.235. The van der Waals surface area contributed by atoms with Gasteiger partial charge in [-0.1, -0.05) is 52.3 Å². The van der Waals surface area contributed by atoms with Crippen LogP contribution in [0.15, 0.2) is 42.5 Å². The molecule has 2 nitrogen and oxygen atoms in total. The summed E-state index contributed by atoms with van der Waals surface area (Å²) in [6, 6.07) is 13.7. The molecule has 20 heavy (non-hydrogen) atoms. The minimum atomic E-state index is -0.0544. The third-order valence-electron chi connectivity index (χ3n) is 3.35. The molecule has 3 heteroatoms. The monoisotopic (exact) mass is 331 g/mol. The Morgan fingerprint density at radius 1 is 1.05 bits per heavy atom. The fourth-order valence-electron chi connectivity index (χ4n) is 2.32. The molecule has 0 saturated heterocycles. The van der Waals surface area contributed by atoms with Crippen LogP contribution in [0.2, 0.25) is 0 Å². The Balaban J connectivity index is 2.33. The van der Waals surface area contributed by atoms with Crippen LogP contribution < -0.4 is 5.32 Å². The van der Waals surface area contributed by atoms with Gasteiger partial charge in [0.25, 0.3) is 5.91 Å². The third kappa shape index (κ3) is 3.10. The Labute approximate surface area is 128 Å². The first kappa shape index (κ1) is 14.8. The molecule has 2 aromatic carbocycles. The number of halogens is 1. The van der Waals surface area contributed by atoms with E-state index >= 15 is 0 Å². The van der Waals surface area contributed by atoms with Gasteiger partial charge < -0.3 is 5.32 Å². The van der Waals surface area contributed by atoms with Crippen molar-refractivity contribution in [3.8, 4) is 0 Å². The predicted molar refractivity (Wildman–Crippen MR) is 87.7 cm³/mol. The van der Waals surface area contributed by atoms with Gasteiger partial charge in [-0.05, 0) is 43.5 Å². The van der Waals surface area contributed by atoms with Gasteiger partial charge in [-0.25, -0.2) is 0 Å². The van der Waals surface area contributed by atoms with Crippen molar-refractivity contribution in [3.05, 3.63) is 64.7 Å². The first-order valence-corrected chi connectivity index (χ1v) is 7.53. The van der Waals surface area contributed by atoms with Crippen LogP contribution in [-0.2, 0) is 0 Å². The van der Waals surface area contributed by atoms with E-state index in [2.05, 4.69) is 21.2 Å². The highest BCUT2D eigenvalue weighted by atomic mass is 79.9. The molecule has 0 aromatic heterocycles. The molecule has 0 spiro atoms. The summed E-state index contributed by atoms with van der Waals surface area (Å²) >= 11 is 3.56. The molecule has 2 rings (SSSR count). The number of alkyl halides is 1. The molecular weight excluding hydrogens is 314 g/mol. The predicted octanol–water partition coefficient (Wildman–Crippen LogP) is 5.01. The molecule has 0 radical (unpaired) electrons. The number of nitrogens with one attached hydrogen (secondary N) is 1. The lowest BCUT2D eigenvalue weighted by molar-refractivity contribution is 0.102. The quantitative estimate of drug-likeness (QED) is 0.787. The normalized spacial score (nSPS) is 12.0.